The molecule has 0 saturated carbocycles. The van der Waals surface area contributed by atoms with Gasteiger partial charge in [0.1, 0.15) is 5.82 Å². The molecule has 0 spiro atoms. The van der Waals surface area contributed by atoms with E-state index in [9.17, 15) is 0 Å². The molecule has 17 heavy (non-hydrogen) atoms. The van der Waals surface area contributed by atoms with Crippen molar-refractivity contribution in [2.45, 2.75) is 6.92 Å². The number of aromatic nitrogens is 1. The number of rotatable bonds is 3. The summed E-state index contributed by atoms with van der Waals surface area (Å²) in [7, 11) is 1.89. The van der Waals surface area contributed by atoms with Crippen LogP contribution in [-0.4, -0.2) is 38.3 Å². The molecule has 92 valence electrons. The van der Waals surface area contributed by atoms with E-state index in [0.29, 0.717) is 0 Å². The van der Waals surface area contributed by atoms with Crippen LogP contribution < -0.4 is 10.2 Å². The van der Waals surface area contributed by atoms with Crippen LogP contribution in [-0.2, 0) is 4.74 Å². The molecule has 1 aromatic heterocycles. The summed E-state index contributed by atoms with van der Waals surface area (Å²) in [4.78, 5) is 6.67. The number of nitrogens with one attached hydrogen (secondary N) is 1. The number of nitrogens with zero attached hydrogens (tertiary/aromatic N) is 2. The lowest BCUT2D eigenvalue weighted by molar-refractivity contribution is 0.122. The van der Waals surface area contributed by atoms with Crippen LogP contribution in [0, 0.1) is 0 Å². The van der Waals surface area contributed by atoms with Gasteiger partial charge in [-0.3, -0.25) is 0 Å². The molecule has 0 unspecified atom stereocenters. The first-order valence-corrected chi connectivity index (χ1v) is 5.89. The second kappa shape index (κ2) is 5.19. The predicted octanol–water partition coefficient (Wildman–Crippen LogP) is 1.99. The van der Waals surface area contributed by atoms with E-state index in [0.717, 1.165) is 43.3 Å². The summed E-state index contributed by atoms with van der Waals surface area (Å²) in [5.74, 6) is 0.890. The van der Waals surface area contributed by atoms with Crippen molar-refractivity contribution in [3.8, 4) is 0 Å². The zero-order chi connectivity index (χ0) is 12.3. The van der Waals surface area contributed by atoms with Gasteiger partial charge in [-0.15, -0.1) is 0 Å². The van der Waals surface area contributed by atoms with E-state index in [4.69, 9.17) is 4.74 Å². The second-order valence-electron chi connectivity index (χ2n) is 4.18. The molecule has 1 fully saturated rings. The van der Waals surface area contributed by atoms with Gasteiger partial charge in [0.15, 0.2) is 0 Å². The van der Waals surface area contributed by atoms with E-state index in [1.165, 1.54) is 5.69 Å². The molecule has 0 atom stereocenters. The number of pyridine rings is 1. The SMILES string of the molecule is C=C(C)c1c(N2CCOCC2)ccnc1NC. The molecule has 0 aromatic carbocycles. The molecule has 1 N–H and O–H groups in total. The third-order valence-corrected chi connectivity index (χ3v) is 2.94. The van der Waals surface area contributed by atoms with Crippen LogP contribution in [0.1, 0.15) is 12.5 Å². The van der Waals surface area contributed by atoms with Crippen LogP contribution in [0.3, 0.4) is 0 Å². The Labute approximate surface area is 102 Å². The Morgan fingerprint density at radius 1 is 1.47 bits per heavy atom. The highest BCUT2D eigenvalue weighted by Gasteiger charge is 2.17. The minimum Gasteiger partial charge on any atom is -0.378 e. The van der Waals surface area contributed by atoms with E-state index < -0.39 is 0 Å². The van der Waals surface area contributed by atoms with Gasteiger partial charge in [-0.2, -0.15) is 0 Å². The third-order valence-electron chi connectivity index (χ3n) is 2.94. The van der Waals surface area contributed by atoms with Crippen LogP contribution >= 0.6 is 0 Å². The Hall–Kier alpha value is -1.55. The van der Waals surface area contributed by atoms with Gasteiger partial charge in [0.05, 0.1) is 13.2 Å². The van der Waals surface area contributed by atoms with Gasteiger partial charge in [-0.25, -0.2) is 4.98 Å². The number of hydrogen-bond acceptors (Lipinski definition) is 4. The van der Waals surface area contributed by atoms with Crippen molar-refractivity contribution in [3.63, 3.8) is 0 Å². The Bertz CT molecular complexity index is 411. The molecule has 1 aromatic rings. The highest BCUT2D eigenvalue weighted by atomic mass is 16.5. The highest BCUT2D eigenvalue weighted by molar-refractivity contribution is 5.82. The fourth-order valence-electron chi connectivity index (χ4n) is 2.13. The minimum atomic E-state index is 0.785. The fraction of sp³-hybridized carbons (Fsp3) is 0.462. The molecule has 4 heteroatoms. The van der Waals surface area contributed by atoms with Crippen molar-refractivity contribution in [1.29, 1.82) is 0 Å². The molecule has 0 bridgehead atoms. The largest absolute Gasteiger partial charge is 0.378 e. The van der Waals surface area contributed by atoms with Crippen LogP contribution in [0.15, 0.2) is 18.8 Å². The maximum absolute atomic E-state index is 5.38. The Kier molecular flexibility index (Phi) is 3.64. The maximum atomic E-state index is 5.38. The zero-order valence-electron chi connectivity index (χ0n) is 10.5. The van der Waals surface area contributed by atoms with Crippen LogP contribution in [0.2, 0.25) is 0 Å². The molecule has 2 rings (SSSR count). The average Bonchev–Trinajstić information content (AvgIpc) is 2.38. The number of hydrogen-bond donors (Lipinski definition) is 1. The van der Waals surface area contributed by atoms with Gasteiger partial charge < -0.3 is 15.0 Å². The quantitative estimate of drug-likeness (QED) is 0.866. The molecule has 2 heterocycles. The molecule has 0 amide bonds. The minimum absolute atomic E-state index is 0.785. The summed E-state index contributed by atoms with van der Waals surface area (Å²) in [6.45, 7) is 9.48. The van der Waals surface area contributed by atoms with Crippen molar-refractivity contribution in [3.05, 3.63) is 24.4 Å². The van der Waals surface area contributed by atoms with E-state index in [-0.39, 0.29) is 0 Å². The Morgan fingerprint density at radius 3 is 2.76 bits per heavy atom. The van der Waals surface area contributed by atoms with Crippen LogP contribution in [0.5, 0.6) is 0 Å². The first kappa shape index (κ1) is 11.9. The summed E-state index contributed by atoms with van der Waals surface area (Å²) in [6.07, 6.45) is 1.84. The number of anilines is 2. The molecule has 1 aliphatic rings. The Balaban J connectivity index is 2.40. The van der Waals surface area contributed by atoms with E-state index in [1.54, 1.807) is 0 Å². The normalized spacial score (nSPS) is 15.8. The van der Waals surface area contributed by atoms with Crippen LogP contribution in [0.25, 0.3) is 5.57 Å². The molecule has 0 aliphatic carbocycles. The van der Waals surface area contributed by atoms with Crippen LogP contribution in [0.4, 0.5) is 11.5 Å². The lowest BCUT2D eigenvalue weighted by atomic mass is 10.1. The maximum Gasteiger partial charge on any atom is 0.135 e. The Morgan fingerprint density at radius 2 is 2.18 bits per heavy atom. The molecular formula is C13H19N3O. The highest BCUT2D eigenvalue weighted by Crippen LogP contribution is 2.31. The van der Waals surface area contributed by atoms with Crippen molar-refractivity contribution in [1.82, 2.24) is 4.98 Å². The molecular weight excluding hydrogens is 214 g/mol. The zero-order valence-corrected chi connectivity index (χ0v) is 10.5. The molecule has 0 radical (unpaired) electrons. The predicted molar refractivity (Wildman–Crippen MR) is 71.5 cm³/mol. The summed E-state index contributed by atoms with van der Waals surface area (Å²) in [5, 5.41) is 3.13. The molecule has 4 nitrogen and oxygen atoms in total. The van der Waals surface area contributed by atoms with Crippen molar-refractivity contribution in [2.24, 2.45) is 0 Å². The topological polar surface area (TPSA) is 37.4 Å². The second-order valence-corrected chi connectivity index (χ2v) is 4.18. The van der Waals surface area contributed by atoms with Crippen molar-refractivity contribution < 1.29 is 4.74 Å². The third kappa shape index (κ3) is 2.42. The van der Waals surface area contributed by atoms with Crippen molar-refractivity contribution >= 4 is 17.1 Å². The number of ether oxygens (including phenoxy) is 1. The number of allylic oxidation sites excluding steroid dienone is 1. The fourth-order valence-corrected chi connectivity index (χ4v) is 2.13. The number of morpholine rings is 1. The first-order valence-electron chi connectivity index (χ1n) is 5.89. The first-order chi connectivity index (χ1) is 8.24. The van der Waals surface area contributed by atoms with Gasteiger partial charge in [-0.1, -0.05) is 6.58 Å². The van der Waals surface area contributed by atoms with Crippen molar-refractivity contribution in [2.75, 3.05) is 43.6 Å². The lowest BCUT2D eigenvalue weighted by Gasteiger charge is -2.31. The summed E-state index contributed by atoms with van der Waals surface area (Å²) in [5.41, 5.74) is 3.33. The smallest absolute Gasteiger partial charge is 0.135 e. The summed E-state index contributed by atoms with van der Waals surface area (Å²) in [6, 6.07) is 2.05. The summed E-state index contributed by atoms with van der Waals surface area (Å²) >= 11 is 0. The molecule has 1 saturated heterocycles. The standard InChI is InChI=1S/C13H19N3O/c1-10(2)12-11(4-5-15-13(12)14-3)16-6-8-17-9-7-16/h4-5H,1,6-9H2,2-3H3,(H,14,15). The lowest BCUT2D eigenvalue weighted by Crippen LogP contribution is -2.36. The van der Waals surface area contributed by atoms with Gasteiger partial charge in [0.2, 0.25) is 0 Å². The van der Waals surface area contributed by atoms with Gasteiger partial charge in [0, 0.05) is 37.6 Å². The molecule has 1 aliphatic heterocycles. The van der Waals surface area contributed by atoms with E-state index >= 15 is 0 Å². The van der Waals surface area contributed by atoms with Gasteiger partial charge in [-0.05, 0) is 18.6 Å². The monoisotopic (exact) mass is 233 g/mol. The van der Waals surface area contributed by atoms with Gasteiger partial charge in [0.25, 0.3) is 0 Å². The van der Waals surface area contributed by atoms with E-state index in [1.807, 2.05) is 20.2 Å². The average molecular weight is 233 g/mol. The van der Waals surface area contributed by atoms with E-state index in [2.05, 4.69) is 27.8 Å². The van der Waals surface area contributed by atoms with Gasteiger partial charge >= 0.3 is 0 Å². The summed E-state index contributed by atoms with van der Waals surface area (Å²) < 4.78 is 5.38.